The molecule has 5 rings (SSSR count). The van der Waals surface area contributed by atoms with Gasteiger partial charge >= 0.3 is 0 Å². The highest BCUT2D eigenvalue weighted by Gasteiger charge is 2.16. The van der Waals surface area contributed by atoms with Crippen molar-refractivity contribution in [3.05, 3.63) is 52.7 Å². The highest BCUT2D eigenvalue weighted by Crippen LogP contribution is 2.34. The summed E-state index contributed by atoms with van der Waals surface area (Å²) in [6, 6.07) is 5.77. The van der Waals surface area contributed by atoms with Crippen LogP contribution >= 0.6 is 22.7 Å². The van der Waals surface area contributed by atoms with Crippen LogP contribution in [-0.4, -0.2) is 25.3 Å². The molecule has 0 spiro atoms. The maximum Gasteiger partial charge on any atom is 0.232 e. The number of nitrogens with one attached hydrogen (secondary N) is 2. The topological polar surface area (TPSA) is 101 Å². The first-order chi connectivity index (χ1) is 13.6. The van der Waals surface area contributed by atoms with Crippen molar-refractivity contribution in [2.75, 3.05) is 11.1 Å². The van der Waals surface area contributed by atoms with Crippen molar-refractivity contribution in [1.29, 1.82) is 0 Å². The Kier molecular flexibility index (Phi) is 3.92. The molecule has 7 nitrogen and oxygen atoms in total. The van der Waals surface area contributed by atoms with Gasteiger partial charge in [0.15, 0.2) is 10.1 Å². The van der Waals surface area contributed by atoms with E-state index in [-0.39, 0.29) is 12.3 Å². The summed E-state index contributed by atoms with van der Waals surface area (Å²) in [5.41, 5.74) is 11.2. The molecule has 1 amide bonds. The molecule has 0 saturated carbocycles. The molecule has 0 fully saturated rings. The van der Waals surface area contributed by atoms with E-state index >= 15 is 0 Å². The molecule has 0 atom stereocenters. The lowest BCUT2D eigenvalue weighted by atomic mass is 10.1. The number of thiazole rings is 2. The quantitative estimate of drug-likeness (QED) is 0.390. The number of carbonyl (C=O) groups excluding carboxylic acids is 1. The van der Waals surface area contributed by atoms with Crippen LogP contribution in [0.2, 0.25) is 0 Å². The summed E-state index contributed by atoms with van der Waals surface area (Å²) in [5, 5.41) is 8.38. The molecule has 0 aliphatic carbocycles. The van der Waals surface area contributed by atoms with Crippen molar-refractivity contribution in [3.63, 3.8) is 0 Å². The monoisotopic (exact) mass is 408 g/mol. The van der Waals surface area contributed by atoms with E-state index in [9.17, 15) is 4.79 Å². The Morgan fingerprint density at radius 1 is 1.32 bits per heavy atom. The molecule has 0 bridgehead atoms. The molecule has 140 valence electrons. The zero-order valence-electron chi connectivity index (χ0n) is 14.9. The summed E-state index contributed by atoms with van der Waals surface area (Å²) in [4.78, 5) is 25.7. The predicted octanol–water partition coefficient (Wildman–Crippen LogP) is 4.07. The minimum Gasteiger partial charge on any atom is -0.399 e. The number of nitrogen functional groups attached to an aromatic ring is 1. The number of amides is 1. The minimum absolute atomic E-state index is 0.133. The summed E-state index contributed by atoms with van der Waals surface area (Å²) in [7, 11) is 0. The largest absolute Gasteiger partial charge is 0.399 e. The third-order valence-electron chi connectivity index (χ3n) is 4.50. The van der Waals surface area contributed by atoms with Crippen molar-refractivity contribution >= 4 is 55.3 Å². The number of nitrogens with two attached hydrogens (primary N) is 1. The molecule has 0 aliphatic rings. The average Bonchev–Trinajstić information content (AvgIpc) is 3.38. The fourth-order valence-corrected chi connectivity index (χ4v) is 4.75. The average molecular weight is 409 g/mol. The summed E-state index contributed by atoms with van der Waals surface area (Å²) < 4.78 is 1.92. The lowest BCUT2D eigenvalue weighted by Gasteiger charge is -2.00. The Labute approximate surface area is 167 Å². The number of rotatable bonds is 4. The summed E-state index contributed by atoms with van der Waals surface area (Å²) in [6.07, 6.45) is 4.02. The molecular weight excluding hydrogens is 392 g/mol. The second kappa shape index (κ2) is 6.47. The van der Waals surface area contributed by atoms with Crippen molar-refractivity contribution in [3.8, 4) is 11.3 Å². The molecule has 0 unspecified atom stereocenters. The number of H-pyrrole nitrogens is 1. The number of aryl methyl sites for hydroxylation is 1. The van der Waals surface area contributed by atoms with Gasteiger partial charge in [0, 0.05) is 51.0 Å². The number of anilines is 2. The second-order valence-corrected chi connectivity index (χ2v) is 8.25. The minimum atomic E-state index is -0.133. The molecule has 0 saturated heterocycles. The first kappa shape index (κ1) is 17.0. The fraction of sp³-hybridized carbons (Fsp3) is 0.105. The van der Waals surface area contributed by atoms with Crippen LogP contribution in [0.3, 0.4) is 0 Å². The van der Waals surface area contributed by atoms with Gasteiger partial charge in [-0.25, -0.2) is 9.97 Å². The third-order valence-corrected chi connectivity index (χ3v) is 6.03. The van der Waals surface area contributed by atoms with Crippen LogP contribution in [0.15, 0.2) is 41.4 Å². The van der Waals surface area contributed by atoms with Crippen molar-refractivity contribution in [2.45, 2.75) is 13.3 Å². The van der Waals surface area contributed by atoms with Gasteiger partial charge in [0.2, 0.25) is 5.91 Å². The highest BCUT2D eigenvalue weighted by atomic mass is 32.1. The smallest absolute Gasteiger partial charge is 0.232 e. The van der Waals surface area contributed by atoms with Crippen LogP contribution in [0.5, 0.6) is 0 Å². The highest BCUT2D eigenvalue weighted by molar-refractivity contribution is 7.15. The number of aromatic amines is 1. The zero-order chi connectivity index (χ0) is 19.3. The van der Waals surface area contributed by atoms with Gasteiger partial charge in [-0.15, -0.1) is 22.7 Å². The van der Waals surface area contributed by atoms with E-state index in [0.29, 0.717) is 10.8 Å². The molecule has 28 heavy (non-hydrogen) atoms. The molecule has 4 heterocycles. The molecule has 0 aliphatic heterocycles. The van der Waals surface area contributed by atoms with E-state index in [1.807, 2.05) is 52.7 Å². The van der Waals surface area contributed by atoms with Gasteiger partial charge in [-0.2, -0.15) is 0 Å². The number of benzene rings is 1. The standard InChI is InChI=1S/C19H16N6OS2/c1-10-17(13-6-11(20)2-3-14(13)21-10)15-9-28-18(23-15)24-16(26)7-12-8-25-4-5-27-19(25)22-12/h2-6,8-9,21H,7,20H2,1H3,(H,23,24,26). The first-order valence-electron chi connectivity index (χ1n) is 8.61. The van der Waals surface area contributed by atoms with Crippen molar-refractivity contribution < 1.29 is 4.79 Å². The Morgan fingerprint density at radius 3 is 3.07 bits per heavy atom. The number of hydrogen-bond acceptors (Lipinski definition) is 6. The van der Waals surface area contributed by atoms with E-state index < -0.39 is 0 Å². The zero-order valence-corrected chi connectivity index (χ0v) is 16.5. The normalized spacial score (nSPS) is 11.5. The predicted molar refractivity (Wildman–Crippen MR) is 114 cm³/mol. The van der Waals surface area contributed by atoms with Crippen LogP contribution < -0.4 is 11.1 Å². The SMILES string of the molecule is Cc1[nH]c2ccc(N)cc2c1-c1csc(NC(=O)Cc2cn3ccsc3n2)n1. The lowest BCUT2D eigenvalue weighted by Crippen LogP contribution is -2.14. The second-order valence-electron chi connectivity index (χ2n) is 6.52. The molecule has 1 aromatic carbocycles. The molecule has 9 heteroatoms. The van der Waals surface area contributed by atoms with E-state index in [4.69, 9.17) is 5.73 Å². The van der Waals surface area contributed by atoms with Gasteiger partial charge in [0.1, 0.15) is 0 Å². The number of carbonyl (C=O) groups is 1. The third kappa shape index (κ3) is 2.94. The summed E-state index contributed by atoms with van der Waals surface area (Å²) >= 11 is 2.95. The number of imidazole rings is 1. The number of nitrogens with zero attached hydrogens (tertiary/aromatic N) is 3. The van der Waals surface area contributed by atoms with Crippen LogP contribution in [-0.2, 0) is 11.2 Å². The van der Waals surface area contributed by atoms with Gasteiger partial charge in [0.05, 0.1) is 17.8 Å². The molecule has 4 N–H and O–H groups in total. The number of fused-ring (bicyclic) bond motifs is 2. The summed E-state index contributed by atoms with van der Waals surface area (Å²) in [6.45, 7) is 2.01. The van der Waals surface area contributed by atoms with E-state index in [0.717, 1.165) is 38.5 Å². The van der Waals surface area contributed by atoms with E-state index in [1.165, 1.54) is 11.3 Å². The lowest BCUT2D eigenvalue weighted by molar-refractivity contribution is -0.115. The van der Waals surface area contributed by atoms with Crippen molar-refractivity contribution in [2.24, 2.45) is 0 Å². The number of aromatic nitrogens is 4. The molecule has 4 aromatic heterocycles. The van der Waals surface area contributed by atoms with Crippen molar-refractivity contribution in [1.82, 2.24) is 19.4 Å². The Hall–Kier alpha value is -3.17. The van der Waals surface area contributed by atoms with Gasteiger partial charge in [-0.3, -0.25) is 9.20 Å². The van der Waals surface area contributed by atoms with E-state index in [2.05, 4.69) is 20.3 Å². The first-order valence-corrected chi connectivity index (χ1v) is 10.4. The molecular formula is C19H16N6OS2. The van der Waals surface area contributed by atoms with Crippen LogP contribution in [0.25, 0.3) is 27.1 Å². The number of hydrogen-bond donors (Lipinski definition) is 3. The van der Waals surface area contributed by atoms with Gasteiger partial charge in [-0.1, -0.05) is 0 Å². The Morgan fingerprint density at radius 2 is 2.21 bits per heavy atom. The maximum absolute atomic E-state index is 12.4. The van der Waals surface area contributed by atoms with Crippen LogP contribution in [0, 0.1) is 6.92 Å². The van der Waals surface area contributed by atoms with Gasteiger partial charge < -0.3 is 16.0 Å². The fourth-order valence-electron chi connectivity index (χ4n) is 3.31. The van der Waals surface area contributed by atoms with E-state index in [1.54, 1.807) is 11.3 Å². The molecule has 0 radical (unpaired) electrons. The Bertz CT molecular complexity index is 1300. The Balaban J connectivity index is 1.37. The van der Waals surface area contributed by atoms with Gasteiger partial charge in [0.25, 0.3) is 0 Å². The molecule has 5 aromatic rings. The van der Waals surface area contributed by atoms with Crippen LogP contribution in [0.1, 0.15) is 11.4 Å². The van der Waals surface area contributed by atoms with Crippen LogP contribution in [0.4, 0.5) is 10.8 Å². The summed E-state index contributed by atoms with van der Waals surface area (Å²) in [5.74, 6) is -0.133. The maximum atomic E-state index is 12.4. The van der Waals surface area contributed by atoms with Gasteiger partial charge in [-0.05, 0) is 25.1 Å².